The van der Waals surface area contributed by atoms with Crippen molar-refractivity contribution >= 4 is 17.9 Å². The van der Waals surface area contributed by atoms with Gasteiger partial charge in [0.2, 0.25) is 0 Å². The number of ether oxygens (including phenoxy) is 1. The number of imide groups is 1. The Labute approximate surface area is 166 Å². The van der Waals surface area contributed by atoms with Gasteiger partial charge >= 0.3 is 12.0 Å². The summed E-state index contributed by atoms with van der Waals surface area (Å²) < 4.78 is 10.3. The lowest BCUT2D eigenvalue weighted by Crippen LogP contribution is -2.44. The Morgan fingerprint density at radius 2 is 1.79 bits per heavy atom. The number of hydrogen-bond acceptors (Lipinski definition) is 6. The molecule has 148 valence electrons. The maximum absolute atomic E-state index is 12.2. The Balaban J connectivity index is 1.48. The SMILES string of the molecule is CC(OC(=O)c1ccc(-c2cnco2)cc1)C(=O)NC(=O)NCc1ccccc1. The van der Waals surface area contributed by atoms with Crippen LogP contribution in [-0.4, -0.2) is 29.0 Å². The maximum atomic E-state index is 12.2. The maximum Gasteiger partial charge on any atom is 0.338 e. The minimum atomic E-state index is -1.14. The highest BCUT2D eigenvalue weighted by Gasteiger charge is 2.21. The molecule has 3 aromatic rings. The van der Waals surface area contributed by atoms with E-state index < -0.39 is 24.0 Å². The van der Waals surface area contributed by atoms with Crippen molar-refractivity contribution < 1.29 is 23.5 Å². The average Bonchev–Trinajstić information content (AvgIpc) is 3.28. The molecule has 1 unspecified atom stereocenters. The van der Waals surface area contributed by atoms with Crippen LogP contribution in [0.4, 0.5) is 4.79 Å². The normalized spacial score (nSPS) is 11.3. The fourth-order valence-electron chi connectivity index (χ4n) is 2.45. The lowest BCUT2D eigenvalue weighted by atomic mass is 10.1. The highest BCUT2D eigenvalue weighted by molar-refractivity contribution is 5.98. The second-order valence-corrected chi connectivity index (χ2v) is 6.15. The van der Waals surface area contributed by atoms with Crippen molar-refractivity contribution in [2.45, 2.75) is 19.6 Å². The number of aromatic nitrogens is 1. The van der Waals surface area contributed by atoms with Gasteiger partial charge in [-0.3, -0.25) is 10.1 Å². The van der Waals surface area contributed by atoms with E-state index in [0.717, 1.165) is 11.1 Å². The molecule has 1 atom stereocenters. The van der Waals surface area contributed by atoms with E-state index in [2.05, 4.69) is 15.6 Å². The van der Waals surface area contributed by atoms with E-state index in [1.54, 1.807) is 30.5 Å². The van der Waals surface area contributed by atoms with Crippen LogP contribution in [0.25, 0.3) is 11.3 Å². The Hall–Kier alpha value is -3.94. The lowest BCUT2D eigenvalue weighted by Gasteiger charge is -2.13. The van der Waals surface area contributed by atoms with Gasteiger partial charge in [-0.25, -0.2) is 14.6 Å². The van der Waals surface area contributed by atoms with Crippen LogP contribution in [0.3, 0.4) is 0 Å². The second kappa shape index (κ2) is 9.32. The summed E-state index contributed by atoms with van der Waals surface area (Å²) in [5, 5.41) is 4.71. The third-order valence-corrected chi connectivity index (χ3v) is 4.02. The summed E-state index contributed by atoms with van der Waals surface area (Å²) in [6.45, 7) is 1.66. The van der Waals surface area contributed by atoms with E-state index >= 15 is 0 Å². The molecule has 1 aromatic heterocycles. The molecule has 0 saturated carbocycles. The number of carbonyl (C=O) groups is 3. The minimum Gasteiger partial charge on any atom is -0.449 e. The summed E-state index contributed by atoms with van der Waals surface area (Å²) in [6.07, 6.45) is 1.73. The molecule has 2 aromatic carbocycles. The molecule has 8 nitrogen and oxygen atoms in total. The first-order chi connectivity index (χ1) is 14.0. The summed E-state index contributed by atoms with van der Waals surface area (Å²) in [5.41, 5.74) is 1.91. The third kappa shape index (κ3) is 5.52. The number of nitrogens with one attached hydrogen (secondary N) is 2. The van der Waals surface area contributed by atoms with Crippen LogP contribution >= 0.6 is 0 Å². The van der Waals surface area contributed by atoms with E-state index in [9.17, 15) is 14.4 Å². The molecule has 0 aliphatic carbocycles. The zero-order valence-corrected chi connectivity index (χ0v) is 15.6. The van der Waals surface area contributed by atoms with Crippen LogP contribution in [-0.2, 0) is 16.1 Å². The summed E-state index contributed by atoms with van der Waals surface area (Å²) in [7, 11) is 0. The first-order valence-corrected chi connectivity index (χ1v) is 8.85. The van der Waals surface area contributed by atoms with Crippen molar-refractivity contribution in [1.29, 1.82) is 0 Å². The van der Waals surface area contributed by atoms with Gasteiger partial charge < -0.3 is 14.5 Å². The molecule has 0 bridgehead atoms. The van der Waals surface area contributed by atoms with Gasteiger partial charge in [-0.2, -0.15) is 0 Å². The summed E-state index contributed by atoms with van der Waals surface area (Å²) in [6, 6.07) is 15.1. The monoisotopic (exact) mass is 393 g/mol. The van der Waals surface area contributed by atoms with Gasteiger partial charge in [0.1, 0.15) is 0 Å². The zero-order chi connectivity index (χ0) is 20.6. The summed E-state index contributed by atoms with van der Waals surface area (Å²) in [5.74, 6) is -0.831. The molecule has 3 amide bonds. The van der Waals surface area contributed by atoms with Crippen LogP contribution in [0.1, 0.15) is 22.8 Å². The number of esters is 1. The van der Waals surface area contributed by atoms with Crippen LogP contribution < -0.4 is 10.6 Å². The molecular weight excluding hydrogens is 374 g/mol. The fraction of sp³-hybridized carbons (Fsp3) is 0.143. The highest BCUT2D eigenvalue weighted by atomic mass is 16.5. The first kappa shape index (κ1) is 19.8. The minimum absolute atomic E-state index is 0.265. The molecule has 0 saturated heterocycles. The largest absolute Gasteiger partial charge is 0.449 e. The Kier molecular flexibility index (Phi) is 6.36. The van der Waals surface area contributed by atoms with Gasteiger partial charge in [0.05, 0.1) is 11.8 Å². The van der Waals surface area contributed by atoms with Crippen LogP contribution in [0.15, 0.2) is 71.6 Å². The zero-order valence-electron chi connectivity index (χ0n) is 15.6. The first-order valence-electron chi connectivity index (χ1n) is 8.85. The molecule has 0 aliphatic heterocycles. The molecule has 0 spiro atoms. The fourth-order valence-corrected chi connectivity index (χ4v) is 2.45. The van der Waals surface area contributed by atoms with E-state index in [4.69, 9.17) is 9.15 Å². The number of benzene rings is 2. The van der Waals surface area contributed by atoms with Gasteiger partial charge in [0.25, 0.3) is 5.91 Å². The Morgan fingerprint density at radius 1 is 1.07 bits per heavy atom. The molecule has 29 heavy (non-hydrogen) atoms. The van der Waals surface area contributed by atoms with Crippen molar-refractivity contribution in [3.05, 3.63) is 78.3 Å². The van der Waals surface area contributed by atoms with Gasteiger partial charge in [0, 0.05) is 12.1 Å². The van der Waals surface area contributed by atoms with Crippen LogP contribution in [0.2, 0.25) is 0 Å². The molecule has 3 rings (SSSR count). The van der Waals surface area contributed by atoms with Crippen molar-refractivity contribution in [2.75, 3.05) is 0 Å². The standard InChI is InChI=1S/C21H19N3O5/c1-14(19(25)24-21(27)23-11-15-5-3-2-4-6-15)29-20(26)17-9-7-16(8-10-17)18-12-22-13-28-18/h2-10,12-14H,11H2,1H3,(H2,23,24,25,27). The number of carbonyl (C=O) groups excluding carboxylic acids is 3. The number of hydrogen-bond donors (Lipinski definition) is 2. The van der Waals surface area contributed by atoms with Gasteiger partial charge in [-0.15, -0.1) is 0 Å². The smallest absolute Gasteiger partial charge is 0.338 e. The van der Waals surface area contributed by atoms with Gasteiger partial charge in [-0.05, 0) is 24.6 Å². The van der Waals surface area contributed by atoms with Crippen molar-refractivity contribution in [3.63, 3.8) is 0 Å². The van der Waals surface area contributed by atoms with Crippen LogP contribution in [0, 0.1) is 0 Å². The van der Waals surface area contributed by atoms with E-state index in [-0.39, 0.29) is 12.1 Å². The van der Waals surface area contributed by atoms with Gasteiger partial charge in [0.15, 0.2) is 18.3 Å². The van der Waals surface area contributed by atoms with Crippen molar-refractivity contribution in [3.8, 4) is 11.3 Å². The number of urea groups is 1. The second-order valence-electron chi connectivity index (χ2n) is 6.15. The quantitative estimate of drug-likeness (QED) is 0.623. The predicted molar refractivity (Wildman–Crippen MR) is 104 cm³/mol. The molecule has 0 aliphatic rings. The number of amides is 3. The van der Waals surface area contributed by atoms with E-state index in [1.165, 1.54) is 13.3 Å². The van der Waals surface area contributed by atoms with Crippen molar-refractivity contribution in [2.24, 2.45) is 0 Å². The van der Waals surface area contributed by atoms with Crippen LogP contribution in [0.5, 0.6) is 0 Å². The number of nitrogens with zero attached hydrogens (tertiary/aromatic N) is 1. The molecule has 0 radical (unpaired) electrons. The molecular formula is C21H19N3O5. The topological polar surface area (TPSA) is 111 Å². The number of rotatable bonds is 6. The average molecular weight is 393 g/mol. The summed E-state index contributed by atoms with van der Waals surface area (Å²) in [4.78, 5) is 40.0. The molecule has 1 heterocycles. The lowest BCUT2D eigenvalue weighted by molar-refractivity contribution is -0.127. The number of oxazole rings is 1. The highest BCUT2D eigenvalue weighted by Crippen LogP contribution is 2.19. The Bertz CT molecular complexity index is 969. The molecule has 0 fully saturated rings. The molecule has 2 N–H and O–H groups in total. The predicted octanol–water partition coefficient (Wildman–Crippen LogP) is 2.91. The van der Waals surface area contributed by atoms with Crippen molar-refractivity contribution in [1.82, 2.24) is 15.6 Å². The van der Waals surface area contributed by atoms with Gasteiger partial charge in [-0.1, -0.05) is 42.5 Å². The third-order valence-electron chi connectivity index (χ3n) is 4.02. The molecule has 8 heteroatoms. The Morgan fingerprint density at radius 3 is 2.45 bits per heavy atom. The summed E-state index contributed by atoms with van der Waals surface area (Å²) >= 11 is 0. The van der Waals surface area contributed by atoms with E-state index in [1.807, 2.05) is 30.3 Å². The van der Waals surface area contributed by atoms with E-state index in [0.29, 0.717) is 5.76 Å².